The molecule has 0 saturated heterocycles. The summed E-state index contributed by atoms with van der Waals surface area (Å²) in [5, 5.41) is 0. The van der Waals surface area contributed by atoms with E-state index in [0.29, 0.717) is 19.3 Å². The number of ether oxygens (including phenoxy) is 3. The van der Waals surface area contributed by atoms with Gasteiger partial charge in [0.15, 0.2) is 6.10 Å². The van der Waals surface area contributed by atoms with Crippen LogP contribution in [0.15, 0.2) is 146 Å². The summed E-state index contributed by atoms with van der Waals surface area (Å²) in [6.07, 6.45) is 92.8. The molecule has 0 saturated carbocycles. The second-order valence-corrected chi connectivity index (χ2v) is 20.6. The summed E-state index contributed by atoms with van der Waals surface area (Å²) in [6, 6.07) is 0. The maximum Gasteiger partial charge on any atom is 0.306 e. The third kappa shape index (κ3) is 62.1. The van der Waals surface area contributed by atoms with Crippen molar-refractivity contribution in [1.29, 1.82) is 0 Å². The number of carbonyl (C=O) groups excluding carboxylic acids is 3. The number of carbonyl (C=O) groups is 3. The van der Waals surface area contributed by atoms with Gasteiger partial charge in [0.05, 0.1) is 0 Å². The zero-order valence-corrected chi connectivity index (χ0v) is 50.4. The lowest BCUT2D eigenvalue weighted by molar-refractivity contribution is -0.167. The molecule has 440 valence electrons. The van der Waals surface area contributed by atoms with Crippen LogP contribution in [-0.2, 0) is 28.6 Å². The van der Waals surface area contributed by atoms with E-state index in [1.807, 2.05) is 0 Å². The first-order valence-corrected chi connectivity index (χ1v) is 31.8. The molecule has 0 aliphatic heterocycles. The molecule has 0 aromatic heterocycles. The number of esters is 3. The molecule has 0 aliphatic carbocycles. The molecule has 6 nitrogen and oxygen atoms in total. The van der Waals surface area contributed by atoms with Crippen LogP contribution < -0.4 is 0 Å². The van der Waals surface area contributed by atoms with Gasteiger partial charge in [-0.2, -0.15) is 0 Å². The lowest BCUT2D eigenvalue weighted by Crippen LogP contribution is -2.30. The predicted octanol–water partition coefficient (Wildman–Crippen LogP) is 21.9. The molecule has 0 rings (SSSR count). The van der Waals surface area contributed by atoms with E-state index in [1.54, 1.807) is 0 Å². The third-order valence-electron chi connectivity index (χ3n) is 13.0. The van der Waals surface area contributed by atoms with Crippen LogP contribution in [0, 0.1) is 0 Å². The number of rotatable bonds is 56. The Kier molecular flexibility index (Phi) is 60.9. The molecule has 0 spiro atoms. The van der Waals surface area contributed by atoms with E-state index in [2.05, 4.69) is 167 Å². The zero-order valence-electron chi connectivity index (χ0n) is 50.4. The van der Waals surface area contributed by atoms with Gasteiger partial charge in [-0.1, -0.05) is 256 Å². The Hall–Kier alpha value is -4.71. The summed E-state index contributed by atoms with van der Waals surface area (Å²) < 4.78 is 16.8. The van der Waals surface area contributed by atoms with E-state index in [1.165, 1.54) is 51.4 Å². The van der Waals surface area contributed by atoms with Crippen molar-refractivity contribution in [3.05, 3.63) is 146 Å². The van der Waals surface area contributed by atoms with Crippen molar-refractivity contribution in [1.82, 2.24) is 0 Å². The van der Waals surface area contributed by atoms with E-state index < -0.39 is 6.10 Å². The smallest absolute Gasteiger partial charge is 0.306 e. The van der Waals surface area contributed by atoms with Gasteiger partial charge in [-0.25, -0.2) is 0 Å². The van der Waals surface area contributed by atoms with Crippen molar-refractivity contribution in [2.24, 2.45) is 0 Å². The highest BCUT2D eigenvalue weighted by molar-refractivity contribution is 5.71. The summed E-state index contributed by atoms with van der Waals surface area (Å²) in [4.78, 5) is 38.2. The van der Waals surface area contributed by atoms with Crippen molar-refractivity contribution >= 4 is 17.9 Å². The summed E-state index contributed by atoms with van der Waals surface area (Å²) in [5.74, 6) is -0.942. The Balaban J connectivity index is 4.33. The van der Waals surface area contributed by atoms with Crippen LogP contribution in [0.5, 0.6) is 0 Å². The third-order valence-corrected chi connectivity index (χ3v) is 13.0. The Labute approximate surface area is 480 Å². The molecule has 0 aromatic rings. The van der Waals surface area contributed by atoms with Gasteiger partial charge in [-0.3, -0.25) is 14.4 Å². The minimum atomic E-state index is -0.802. The lowest BCUT2D eigenvalue weighted by Gasteiger charge is -2.18. The van der Waals surface area contributed by atoms with Gasteiger partial charge in [-0.15, -0.1) is 0 Å². The van der Waals surface area contributed by atoms with Crippen LogP contribution in [0.2, 0.25) is 0 Å². The van der Waals surface area contributed by atoms with Gasteiger partial charge in [0.2, 0.25) is 0 Å². The summed E-state index contributed by atoms with van der Waals surface area (Å²) >= 11 is 0. The molecule has 0 N–H and O–H groups in total. The largest absolute Gasteiger partial charge is 0.462 e. The summed E-state index contributed by atoms with van der Waals surface area (Å²) in [6.45, 7) is 6.41. The van der Waals surface area contributed by atoms with Gasteiger partial charge >= 0.3 is 17.9 Å². The number of hydrogen-bond donors (Lipinski definition) is 0. The molecule has 0 amide bonds. The highest BCUT2D eigenvalue weighted by Gasteiger charge is 2.19. The van der Waals surface area contributed by atoms with Gasteiger partial charge < -0.3 is 14.2 Å². The SMILES string of the molecule is CC/C=C\C/C=C\C/C=C\C/C=C\C/C=C\C/C=C\C/C=C\C/C=C\C/C=C\CCCCCCCC(=O)OCC(COC(=O)CCCCCCC/C=C\C/C=C\CCC)OC(=O)CCCCCCC/C=C\CCCCCCC. The fourth-order valence-electron chi connectivity index (χ4n) is 8.29. The Morgan fingerprint density at radius 3 is 0.846 bits per heavy atom. The molecule has 78 heavy (non-hydrogen) atoms. The average Bonchev–Trinajstić information content (AvgIpc) is 3.44. The highest BCUT2D eigenvalue weighted by atomic mass is 16.6. The van der Waals surface area contributed by atoms with Crippen LogP contribution in [0.25, 0.3) is 0 Å². The van der Waals surface area contributed by atoms with Crippen molar-refractivity contribution in [3.63, 3.8) is 0 Å². The van der Waals surface area contributed by atoms with E-state index in [0.717, 1.165) is 180 Å². The molecule has 1 atom stereocenters. The minimum Gasteiger partial charge on any atom is -0.462 e. The van der Waals surface area contributed by atoms with E-state index in [-0.39, 0.29) is 31.1 Å². The fraction of sp³-hybridized carbons (Fsp3) is 0.625. The molecule has 0 aromatic carbocycles. The first kappa shape index (κ1) is 73.3. The van der Waals surface area contributed by atoms with Crippen molar-refractivity contribution < 1.29 is 28.6 Å². The van der Waals surface area contributed by atoms with Gasteiger partial charge in [0, 0.05) is 19.3 Å². The molecule has 0 fully saturated rings. The quantitative estimate of drug-likeness (QED) is 0.0261. The van der Waals surface area contributed by atoms with Crippen molar-refractivity contribution in [2.75, 3.05) is 13.2 Å². The zero-order chi connectivity index (χ0) is 56.4. The van der Waals surface area contributed by atoms with E-state index in [9.17, 15) is 14.4 Å². The van der Waals surface area contributed by atoms with Crippen LogP contribution in [-0.4, -0.2) is 37.2 Å². The molecular formula is C72H116O6. The van der Waals surface area contributed by atoms with Crippen LogP contribution >= 0.6 is 0 Å². The van der Waals surface area contributed by atoms with Gasteiger partial charge in [0.1, 0.15) is 13.2 Å². The van der Waals surface area contributed by atoms with Crippen LogP contribution in [0.3, 0.4) is 0 Å². The van der Waals surface area contributed by atoms with E-state index >= 15 is 0 Å². The van der Waals surface area contributed by atoms with E-state index in [4.69, 9.17) is 14.2 Å². The van der Waals surface area contributed by atoms with Crippen LogP contribution in [0.4, 0.5) is 0 Å². The summed E-state index contributed by atoms with van der Waals surface area (Å²) in [7, 11) is 0. The molecule has 0 bridgehead atoms. The topological polar surface area (TPSA) is 78.9 Å². The first-order valence-electron chi connectivity index (χ1n) is 31.8. The minimum absolute atomic E-state index is 0.0987. The number of allylic oxidation sites excluding steroid dienone is 24. The molecule has 0 aliphatic rings. The van der Waals surface area contributed by atoms with Gasteiger partial charge in [0.25, 0.3) is 0 Å². The highest BCUT2D eigenvalue weighted by Crippen LogP contribution is 2.14. The molecule has 1 unspecified atom stereocenters. The van der Waals surface area contributed by atoms with Crippen molar-refractivity contribution in [3.8, 4) is 0 Å². The fourth-order valence-corrected chi connectivity index (χ4v) is 8.29. The predicted molar refractivity (Wildman–Crippen MR) is 339 cm³/mol. The van der Waals surface area contributed by atoms with Crippen molar-refractivity contribution in [2.45, 2.75) is 277 Å². The maximum atomic E-state index is 12.9. The second kappa shape index (κ2) is 64.8. The first-order chi connectivity index (χ1) is 38.5. The molecule has 0 radical (unpaired) electrons. The maximum absolute atomic E-state index is 12.9. The number of hydrogen-bond acceptors (Lipinski definition) is 6. The lowest BCUT2D eigenvalue weighted by atomic mass is 10.1. The monoisotopic (exact) mass is 1080 g/mol. The Morgan fingerprint density at radius 1 is 0.269 bits per heavy atom. The summed E-state index contributed by atoms with van der Waals surface area (Å²) in [5.41, 5.74) is 0. The van der Waals surface area contributed by atoms with Gasteiger partial charge in [-0.05, 0) is 141 Å². The normalized spacial score (nSPS) is 13.1. The standard InChI is InChI=1S/C72H116O6/c1-4-7-10-13-16-19-22-25-27-28-29-30-31-32-33-34-35-36-37-38-39-40-41-42-43-44-45-48-50-53-56-59-62-65-71(74)77-68-69(67-76-70(73)64-61-58-55-52-49-46-24-21-18-15-12-9-6-3)78-72(75)66-63-60-57-54-51-47-26-23-20-17-14-11-8-5-2/h7,10,12,15-16,19,21,23-27,29-30,32-33,35-36,38-39,41-42,44-45,69H,4-6,8-9,11,13-14,17-18,20,22,28,31,34,37,40,43,46-68H2,1-3H3/b10-7-,15-12-,19-16-,24-21-,26-23-,27-25-,30-29-,33-32-,36-35-,39-38-,42-41-,45-44-. The number of unbranched alkanes of at least 4 members (excludes halogenated alkanes) is 21. The average molecular weight is 1080 g/mol. The molecule has 6 heteroatoms. The second-order valence-electron chi connectivity index (χ2n) is 20.6. The Morgan fingerprint density at radius 2 is 0.526 bits per heavy atom. The molecular weight excluding hydrogens is 961 g/mol. The molecule has 0 heterocycles. The van der Waals surface area contributed by atoms with Crippen LogP contribution in [0.1, 0.15) is 271 Å². The Bertz CT molecular complexity index is 1710.